The molecule has 0 saturated heterocycles. The minimum atomic E-state index is -0.829. The number of ether oxygens (including phenoxy) is 2. The van der Waals surface area contributed by atoms with E-state index in [1.165, 1.54) is 0 Å². The highest BCUT2D eigenvalue weighted by atomic mass is 79.9. The van der Waals surface area contributed by atoms with Crippen LogP contribution in [0.1, 0.15) is 28.4 Å². The average Bonchev–Trinajstić information content (AvgIpc) is 2.99. The van der Waals surface area contributed by atoms with Gasteiger partial charge in [-0.3, -0.25) is 9.59 Å². The van der Waals surface area contributed by atoms with Crippen LogP contribution >= 0.6 is 31.9 Å². The minimum Gasteiger partial charge on any atom is -0.434 e. The van der Waals surface area contributed by atoms with Crippen molar-refractivity contribution in [2.24, 2.45) is 0 Å². The van der Waals surface area contributed by atoms with Crippen LogP contribution in [0.5, 0.6) is 5.75 Å². The molecule has 3 rings (SSSR count). The molecule has 2 N–H and O–H groups in total. The third-order valence-corrected chi connectivity index (χ3v) is 5.23. The van der Waals surface area contributed by atoms with Crippen molar-refractivity contribution in [3.8, 4) is 5.75 Å². The van der Waals surface area contributed by atoms with E-state index in [4.69, 9.17) is 14.6 Å². The van der Waals surface area contributed by atoms with Crippen molar-refractivity contribution in [1.82, 2.24) is 0 Å². The van der Waals surface area contributed by atoms with Crippen molar-refractivity contribution in [1.29, 1.82) is 0 Å². The maximum Gasteiger partial charge on any atom is 0.513 e. The van der Waals surface area contributed by atoms with Gasteiger partial charge in [0.25, 0.3) is 5.91 Å². The van der Waals surface area contributed by atoms with Gasteiger partial charge in [-0.1, -0.05) is 0 Å². The highest BCUT2D eigenvalue weighted by Gasteiger charge is 2.25. The molecule has 0 aliphatic carbocycles. The summed E-state index contributed by atoms with van der Waals surface area (Å²) < 4.78 is 10.9. The second-order valence-corrected chi connectivity index (χ2v) is 7.66. The molecule has 0 saturated carbocycles. The van der Waals surface area contributed by atoms with E-state index in [1.54, 1.807) is 43.3 Å². The number of carbonyl (C=O) groups excluding carboxylic acids is 3. The van der Waals surface area contributed by atoms with Gasteiger partial charge in [0, 0.05) is 22.4 Å². The number of fused-ring (bicyclic) bond motifs is 1. The number of nitrogens with one attached hydrogen (secondary N) is 1. The third-order valence-electron chi connectivity index (χ3n) is 4.05. The summed E-state index contributed by atoms with van der Waals surface area (Å²) in [6.07, 6.45) is 0.822. The van der Waals surface area contributed by atoms with Gasteiger partial charge in [0.1, 0.15) is 6.61 Å². The Hall–Kier alpha value is -2.49. The smallest absolute Gasteiger partial charge is 0.434 e. The number of carbonyl (C=O) groups is 3. The molecule has 2 aromatic carbocycles. The summed E-state index contributed by atoms with van der Waals surface area (Å²) in [7, 11) is 0. The quantitative estimate of drug-likeness (QED) is 0.260. The maximum atomic E-state index is 12.4. The third kappa shape index (κ3) is 4.58. The highest BCUT2D eigenvalue weighted by Crippen LogP contribution is 2.38. The molecule has 1 aliphatic rings. The van der Waals surface area contributed by atoms with Gasteiger partial charge in [-0.15, -0.1) is 0 Å². The second kappa shape index (κ2) is 8.89. The second-order valence-electron chi connectivity index (χ2n) is 5.95. The molecule has 0 spiro atoms. The number of ketones is 1. The summed E-state index contributed by atoms with van der Waals surface area (Å²) in [5, 5.41) is 11.8. The number of aliphatic hydroxyl groups is 1. The fourth-order valence-electron chi connectivity index (χ4n) is 2.75. The number of hydrogen-bond donors (Lipinski definition) is 2. The van der Waals surface area contributed by atoms with E-state index < -0.39 is 18.5 Å². The van der Waals surface area contributed by atoms with Gasteiger partial charge < -0.3 is 19.9 Å². The maximum absolute atomic E-state index is 12.4. The van der Waals surface area contributed by atoms with Crippen LogP contribution in [-0.2, 0) is 9.53 Å². The zero-order valence-corrected chi connectivity index (χ0v) is 18.3. The van der Waals surface area contributed by atoms with Crippen molar-refractivity contribution in [3.05, 3.63) is 56.0 Å². The van der Waals surface area contributed by atoms with Crippen LogP contribution in [0.3, 0.4) is 0 Å². The van der Waals surface area contributed by atoms with E-state index in [0.29, 0.717) is 36.9 Å². The summed E-state index contributed by atoms with van der Waals surface area (Å²) >= 11 is 6.70. The van der Waals surface area contributed by atoms with Gasteiger partial charge in [-0.25, -0.2) is 4.79 Å². The number of amides is 1. The van der Waals surface area contributed by atoms with Crippen molar-refractivity contribution >= 4 is 67.0 Å². The van der Waals surface area contributed by atoms with E-state index in [2.05, 4.69) is 37.2 Å². The van der Waals surface area contributed by atoms with Crippen molar-refractivity contribution < 1.29 is 29.0 Å². The minimum absolute atomic E-state index is 0.188. The Bertz CT molecular complexity index is 1020. The predicted molar refractivity (Wildman–Crippen MR) is 114 cm³/mol. The molecule has 0 atom stereocenters. The fourth-order valence-corrected chi connectivity index (χ4v) is 4.14. The zero-order chi connectivity index (χ0) is 21.1. The normalized spacial score (nSPS) is 13.8. The van der Waals surface area contributed by atoms with Gasteiger partial charge in [0.15, 0.2) is 11.5 Å². The molecule has 1 aliphatic heterocycles. The lowest BCUT2D eigenvalue weighted by Gasteiger charge is -2.10. The Morgan fingerprint density at radius 3 is 2.48 bits per heavy atom. The van der Waals surface area contributed by atoms with Crippen molar-refractivity contribution in [2.75, 3.05) is 18.5 Å². The average molecular weight is 525 g/mol. The van der Waals surface area contributed by atoms with Crippen LogP contribution in [0.15, 0.2) is 39.3 Å². The molecule has 0 aromatic heterocycles. The predicted octanol–water partition coefficient (Wildman–Crippen LogP) is 4.41. The van der Waals surface area contributed by atoms with Crippen LogP contribution in [0, 0.1) is 0 Å². The number of hydrogen-bond acceptors (Lipinski definition) is 6. The Labute approximate surface area is 183 Å². The van der Waals surface area contributed by atoms with Crippen LogP contribution in [0.4, 0.5) is 10.5 Å². The van der Waals surface area contributed by atoms with Crippen LogP contribution < -0.4 is 10.1 Å². The number of Topliss-reactive ketones (excluding diaryl/α,β-unsaturated/α-hetero) is 1. The molecule has 0 unspecified atom stereocenters. The molecule has 0 fully saturated rings. The van der Waals surface area contributed by atoms with Gasteiger partial charge >= 0.3 is 6.16 Å². The van der Waals surface area contributed by atoms with E-state index >= 15 is 0 Å². The molecule has 7 nitrogen and oxygen atoms in total. The lowest BCUT2D eigenvalue weighted by molar-refractivity contribution is -0.110. The molecule has 1 heterocycles. The van der Waals surface area contributed by atoms with Crippen LogP contribution in [0.2, 0.25) is 0 Å². The Balaban J connectivity index is 1.98. The molecule has 0 bridgehead atoms. The summed E-state index contributed by atoms with van der Waals surface area (Å²) in [6, 6.07) is 8.11. The molecule has 1 amide bonds. The van der Waals surface area contributed by atoms with Gasteiger partial charge in [0.05, 0.1) is 15.6 Å². The zero-order valence-electron chi connectivity index (χ0n) is 15.1. The van der Waals surface area contributed by atoms with Crippen LogP contribution in [-0.4, -0.2) is 36.2 Å². The standard InChI is InChI=1S/C20H15Br2NO6/c1-2-28-20(27)29-18-14(21)6-10(7-15(18)22)5-13-12-8-11(17(25)9-24)3-4-16(12)23-19(13)26/h3-8,24H,2,9H2,1H3,(H,23,26). The first-order valence-corrected chi connectivity index (χ1v) is 10.1. The molecule has 29 heavy (non-hydrogen) atoms. The number of rotatable bonds is 5. The Morgan fingerprint density at radius 2 is 1.86 bits per heavy atom. The van der Waals surface area contributed by atoms with Gasteiger partial charge in [-0.2, -0.15) is 0 Å². The summed E-state index contributed by atoms with van der Waals surface area (Å²) in [6.45, 7) is 1.25. The first kappa shape index (κ1) is 21.2. The topological polar surface area (TPSA) is 102 Å². The van der Waals surface area contributed by atoms with E-state index in [0.717, 1.165) is 0 Å². The van der Waals surface area contributed by atoms with E-state index in [1.807, 2.05) is 0 Å². The fraction of sp³-hybridized carbons (Fsp3) is 0.150. The Kier molecular flexibility index (Phi) is 6.51. The van der Waals surface area contributed by atoms with Gasteiger partial charge in [-0.05, 0) is 80.8 Å². The first-order chi connectivity index (χ1) is 13.8. The largest absolute Gasteiger partial charge is 0.513 e. The van der Waals surface area contributed by atoms with E-state index in [-0.39, 0.29) is 18.3 Å². The van der Waals surface area contributed by atoms with Crippen molar-refractivity contribution in [2.45, 2.75) is 6.92 Å². The number of aliphatic hydroxyl groups excluding tert-OH is 1. The summed E-state index contributed by atoms with van der Waals surface area (Å²) in [5.41, 5.74) is 2.47. The Morgan fingerprint density at radius 1 is 1.17 bits per heavy atom. The first-order valence-electron chi connectivity index (χ1n) is 8.49. The highest BCUT2D eigenvalue weighted by molar-refractivity contribution is 9.11. The van der Waals surface area contributed by atoms with Crippen LogP contribution in [0.25, 0.3) is 11.6 Å². The molecular formula is C20H15Br2NO6. The number of benzene rings is 2. The lowest BCUT2D eigenvalue weighted by atomic mass is 10.00. The summed E-state index contributed by atoms with van der Waals surface area (Å²) in [4.78, 5) is 35.8. The van der Waals surface area contributed by atoms with Gasteiger partial charge in [0.2, 0.25) is 0 Å². The monoisotopic (exact) mass is 523 g/mol. The molecule has 9 heteroatoms. The molecule has 2 aromatic rings. The number of anilines is 1. The SMILES string of the molecule is CCOC(=O)Oc1c(Br)cc(C=C2C(=O)Nc3ccc(C(=O)CO)cc32)cc1Br. The molecule has 0 radical (unpaired) electrons. The van der Waals surface area contributed by atoms with Crippen molar-refractivity contribution in [3.63, 3.8) is 0 Å². The molecular weight excluding hydrogens is 510 g/mol. The molecule has 150 valence electrons. The lowest BCUT2D eigenvalue weighted by Crippen LogP contribution is -2.10. The van der Waals surface area contributed by atoms with E-state index in [9.17, 15) is 14.4 Å². The number of halogens is 2. The summed E-state index contributed by atoms with van der Waals surface area (Å²) in [5.74, 6) is -0.497.